The second kappa shape index (κ2) is 16.9. The molecule has 1 saturated carbocycles. The summed E-state index contributed by atoms with van der Waals surface area (Å²) >= 11 is 0. The number of nitrogens with zero attached hydrogens (tertiary/aromatic N) is 2. The Hall–Kier alpha value is -5.59. The lowest BCUT2D eigenvalue weighted by molar-refractivity contribution is -0.373. The minimum absolute atomic E-state index is 0.0335. The largest absolute Gasteiger partial charge is 0.508 e. The van der Waals surface area contributed by atoms with Gasteiger partial charge in [0, 0.05) is 60.8 Å². The van der Waals surface area contributed by atoms with Crippen molar-refractivity contribution in [1.29, 1.82) is 0 Å². The molecule has 2 aliphatic carbocycles. The zero-order chi connectivity index (χ0) is 46.1. The molecule has 16 heteroatoms. The molecule has 66 heavy (non-hydrogen) atoms. The minimum Gasteiger partial charge on any atom is -0.508 e. The number of aliphatic hydroxyl groups excluding tert-OH is 4. The molecule has 348 valence electrons. The van der Waals surface area contributed by atoms with Gasteiger partial charge in [-0.1, -0.05) is 37.5 Å². The van der Waals surface area contributed by atoms with Crippen LogP contribution in [0.5, 0.6) is 17.2 Å². The van der Waals surface area contributed by atoms with E-state index in [2.05, 4.69) is 22.5 Å². The molecule has 16 nitrogen and oxygen atoms in total. The molecule has 1 amide bonds. The van der Waals surface area contributed by atoms with Crippen LogP contribution < -0.4 is 20.4 Å². The number of fused-ring (bicyclic) bond motifs is 4. The van der Waals surface area contributed by atoms with Gasteiger partial charge in [-0.15, -0.1) is 0 Å². The Balaban J connectivity index is 1.04. The highest BCUT2D eigenvalue weighted by atomic mass is 17.2. The number of allylic oxidation sites excluding steroid dienone is 2. The molecule has 3 aromatic carbocycles. The lowest BCUT2D eigenvalue weighted by Crippen LogP contribution is -2.58. The van der Waals surface area contributed by atoms with Crippen LogP contribution in [0.1, 0.15) is 61.8 Å². The number of rotatable bonds is 12. The number of nitrogens with one attached hydrogen (secondary N) is 1. The van der Waals surface area contributed by atoms with Gasteiger partial charge in [0.05, 0.1) is 29.6 Å². The van der Waals surface area contributed by atoms with Crippen molar-refractivity contribution < 1.29 is 59.5 Å². The molecule has 6 aliphatic rings. The minimum atomic E-state index is -2.41. The third kappa shape index (κ3) is 7.48. The van der Waals surface area contributed by atoms with Crippen molar-refractivity contribution in [2.24, 2.45) is 22.2 Å². The first-order valence-electron chi connectivity index (χ1n) is 22.8. The van der Waals surface area contributed by atoms with Crippen LogP contribution in [0.3, 0.4) is 0 Å². The Labute approximate surface area is 379 Å². The molecule has 2 spiro atoms. The number of aryl methyl sites for hydroxylation is 1. The summed E-state index contributed by atoms with van der Waals surface area (Å²) in [6.07, 6.45) is 7.95. The number of amides is 1. The Morgan fingerprint density at radius 3 is 2.64 bits per heavy atom. The first kappa shape index (κ1) is 44.3. The van der Waals surface area contributed by atoms with Crippen molar-refractivity contribution in [2.75, 3.05) is 31.2 Å². The molecule has 0 bridgehead atoms. The van der Waals surface area contributed by atoms with Gasteiger partial charge in [-0.05, 0) is 85.4 Å². The topological polar surface area (TPSA) is 244 Å². The lowest BCUT2D eigenvalue weighted by atomic mass is 9.60. The number of benzene rings is 3. The van der Waals surface area contributed by atoms with Crippen molar-refractivity contribution in [1.82, 2.24) is 5.32 Å². The van der Waals surface area contributed by atoms with Gasteiger partial charge in [-0.25, -0.2) is 9.78 Å². The maximum atomic E-state index is 13.7. The van der Waals surface area contributed by atoms with E-state index in [1.54, 1.807) is 19.2 Å². The number of aromatic hydroxyl groups is 2. The van der Waals surface area contributed by atoms with E-state index in [1.807, 2.05) is 17.2 Å². The quantitative estimate of drug-likeness (QED) is 0.0569. The van der Waals surface area contributed by atoms with E-state index in [9.17, 15) is 45.3 Å². The Morgan fingerprint density at radius 2 is 1.85 bits per heavy atom. The number of ether oxygens (including phenoxy) is 1. The van der Waals surface area contributed by atoms with Crippen LogP contribution in [-0.4, -0.2) is 110 Å². The number of hydrogen-bond acceptors (Lipinski definition) is 15. The fourth-order valence-electron chi connectivity index (χ4n) is 11.5. The zero-order valence-corrected chi connectivity index (χ0v) is 36.6. The summed E-state index contributed by atoms with van der Waals surface area (Å²) in [5.41, 5.74) is -0.667. The smallest absolute Gasteiger partial charge is 0.226 e. The van der Waals surface area contributed by atoms with Gasteiger partial charge in [0.1, 0.15) is 65.2 Å². The van der Waals surface area contributed by atoms with E-state index in [-0.39, 0.29) is 41.1 Å². The highest BCUT2D eigenvalue weighted by molar-refractivity contribution is 5.96. The van der Waals surface area contributed by atoms with E-state index in [4.69, 9.17) is 18.9 Å². The summed E-state index contributed by atoms with van der Waals surface area (Å²) in [6.45, 7) is 0.982. The molecule has 1 aromatic heterocycles. The van der Waals surface area contributed by atoms with Gasteiger partial charge < -0.3 is 55.1 Å². The van der Waals surface area contributed by atoms with Crippen molar-refractivity contribution in [3.05, 3.63) is 105 Å². The van der Waals surface area contributed by atoms with Crippen LogP contribution in [0, 0.1) is 24.2 Å². The van der Waals surface area contributed by atoms with Gasteiger partial charge in [0.15, 0.2) is 16.8 Å². The fraction of sp³-hybridized carbons (Fsp3) is 0.460. The molecule has 4 aliphatic heterocycles. The van der Waals surface area contributed by atoms with Gasteiger partial charge >= 0.3 is 0 Å². The van der Waals surface area contributed by atoms with E-state index < -0.39 is 60.7 Å². The third-order valence-electron chi connectivity index (χ3n) is 15.0. The number of phenols is 2. The molecule has 1 saturated heterocycles. The summed E-state index contributed by atoms with van der Waals surface area (Å²) in [5, 5.41) is 80.4. The number of carbonyl (C=O) groups is 1. The molecule has 4 aromatic rings. The number of carbonyl (C=O) groups excluding carboxylic acids is 1. The monoisotopic (exact) mass is 905 g/mol. The predicted octanol–water partition coefficient (Wildman–Crippen LogP) is 4.04. The van der Waals surface area contributed by atoms with Crippen LogP contribution in [0.15, 0.2) is 92.4 Å². The average Bonchev–Trinajstić information content (AvgIpc) is 4.01. The second-order valence-corrected chi connectivity index (χ2v) is 19.1. The van der Waals surface area contributed by atoms with E-state index in [1.165, 1.54) is 36.4 Å². The van der Waals surface area contributed by atoms with Crippen LogP contribution >= 0.6 is 0 Å². The standard InChI is InChI=1S/C50H55N3O13/c1-27-16-39(57)35-17-31-18-41(66-63-26-49(62,46(60)43(59)40(58)25-54)20-28-7-10-38(56)33-9-8-32(55)19-34(28)33)50(65-44(31)42(45(35)64-27)53-23-30-11-15-51-37(30)24-53)14-5-6-29(21-50)36-22-52-47(61)48(36)12-3-2-4-13-48/h5-11,15-17,19,24,29,36,40-41,43,46,54-56,58-60,62H,2-4,12-14,18,20-23,25-26H2,1H3,(H,52,61)/t29-,36+,40-,41-,43-,46+,49+,50-/m1/s1. The van der Waals surface area contributed by atoms with E-state index in [0.29, 0.717) is 76.0 Å². The molecule has 0 unspecified atom stereocenters. The molecule has 10 rings (SSSR count). The van der Waals surface area contributed by atoms with Crippen LogP contribution in [-0.2, 0) is 27.4 Å². The fourth-order valence-corrected chi connectivity index (χ4v) is 11.5. The van der Waals surface area contributed by atoms with Gasteiger partial charge in [-0.3, -0.25) is 14.6 Å². The van der Waals surface area contributed by atoms with Crippen molar-refractivity contribution in [3.63, 3.8) is 0 Å². The molecular formula is C50H55N3O13. The van der Waals surface area contributed by atoms with Gasteiger partial charge in [0.2, 0.25) is 5.91 Å². The number of hydrogen-bond donors (Lipinski definition) is 8. The average molecular weight is 906 g/mol. The Bertz CT molecular complexity index is 2780. The summed E-state index contributed by atoms with van der Waals surface area (Å²) in [4.78, 5) is 46.4. The van der Waals surface area contributed by atoms with E-state index >= 15 is 0 Å². The second-order valence-electron chi connectivity index (χ2n) is 19.1. The highest BCUT2D eigenvalue weighted by Gasteiger charge is 2.57. The third-order valence-corrected chi connectivity index (χ3v) is 15.0. The maximum absolute atomic E-state index is 13.7. The van der Waals surface area contributed by atoms with Crippen molar-refractivity contribution in [2.45, 2.75) is 100 Å². The summed E-state index contributed by atoms with van der Waals surface area (Å²) in [6, 6.07) is 10.4. The molecule has 5 heterocycles. The Kier molecular flexibility index (Phi) is 11.4. The zero-order valence-electron chi connectivity index (χ0n) is 36.6. The molecule has 0 radical (unpaired) electrons. The summed E-state index contributed by atoms with van der Waals surface area (Å²) in [5.74, 6) is 0.623. The van der Waals surface area contributed by atoms with Crippen LogP contribution in [0.4, 0.5) is 5.69 Å². The molecule has 2 fully saturated rings. The van der Waals surface area contributed by atoms with Crippen LogP contribution in [0.2, 0.25) is 0 Å². The van der Waals surface area contributed by atoms with Crippen molar-refractivity contribution in [3.8, 4) is 17.2 Å². The van der Waals surface area contributed by atoms with Crippen molar-refractivity contribution >= 4 is 39.6 Å². The number of anilines is 1. The van der Waals surface area contributed by atoms with E-state index in [0.717, 1.165) is 43.4 Å². The first-order valence-corrected chi connectivity index (χ1v) is 22.8. The number of phenolic OH excluding ortho intramolecular Hbond substituents is 2. The number of aliphatic imine (C=N–C) groups is 1. The normalized spacial score (nSPS) is 26.5. The number of aliphatic hydroxyl groups is 5. The van der Waals surface area contributed by atoms with Gasteiger partial charge in [-0.2, -0.15) is 0 Å². The maximum Gasteiger partial charge on any atom is 0.226 e. The predicted molar refractivity (Wildman–Crippen MR) is 242 cm³/mol. The molecule has 8 atom stereocenters. The summed E-state index contributed by atoms with van der Waals surface area (Å²) in [7, 11) is 0. The SMILES string of the molecule is Cc1cc(=O)c2cc3c(c(N4C=C5N=CC=C5C4)c2o1)O[C@@]1(CC=C[C@@H]([C@@H]2CNC(=O)C24CCCCC4)C1)[C@H](OOC[C@@](O)(Cc1ccc(O)c2ccc(O)cc12)[C@@H](O)[C@H](O)[C@H](O)CO)C3. The first-order chi connectivity index (χ1) is 31.7. The molecular weight excluding hydrogens is 851 g/mol. The highest BCUT2D eigenvalue weighted by Crippen LogP contribution is 2.55. The van der Waals surface area contributed by atoms with Crippen LogP contribution in [0.25, 0.3) is 21.7 Å². The molecule has 8 N–H and O–H groups in total. The Morgan fingerprint density at radius 1 is 1.03 bits per heavy atom. The van der Waals surface area contributed by atoms with Gasteiger partial charge in [0.25, 0.3) is 0 Å². The summed E-state index contributed by atoms with van der Waals surface area (Å²) < 4.78 is 13.8. The lowest BCUT2D eigenvalue weighted by Gasteiger charge is -2.49.